The lowest BCUT2D eigenvalue weighted by Crippen LogP contribution is -2.51. The van der Waals surface area contributed by atoms with Crippen LogP contribution in [0.5, 0.6) is 0 Å². The first-order valence-corrected chi connectivity index (χ1v) is 11.9. The number of aryl methyl sites for hydroxylation is 2. The summed E-state index contributed by atoms with van der Waals surface area (Å²) in [4.78, 5) is 0. The first-order chi connectivity index (χ1) is 14.1. The molecule has 4 aliphatic rings. The molecular formula is C26H38N2O2. The second-order valence-electron chi connectivity index (χ2n) is 11.2. The van der Waals surface area contributed by atoms with Crippen LogP contribution in [-0.2, 0) is 7.05 Å². The van der Waals surface area contributed by atoms with Crippen LogP contribution in [0.25, 0.3) is 6.08 Å². The summed E-state index contributed by atoms with van der Waals surface area (Å²) in [5, 5.41) is 26.3. The van der Waals surface area contributed by atoms with Crippen LogP contribution < -0.4 is 0 Å². The third-order valence-corrected chi connectivity index (χ3v) is 9.84. The van der Waals surface area contributed by atoms with E-state index in [4.69, 9.17) is 0 Å². The lowest BCUT2D eigenvalue weighted by molar-refractivity contribution is -0.0685. The summed E-state index contributed by atoms with van der Waals surface area (Å²) in [7, 11) is 1.99. The molecule has 2 N–H and O–H groups in total. The summed E-state index contributed by atoms with van der Waals surface area (Å²) >= 11 is 0. The first kappa shape index (κ1) is 20.5. The molecule has 1 aromatic rings. The van der Waals surface area contributed by atoms with Gasteiger partial charge in [-0.05, 0) is 93.6 Å². The molecule has 1 heterocycles. The van der Waals surface area contributed by atoms with E-state index < -0.39 is 0 Å². The van der Waals surface area contributed by atoms with Crippen molar-refractivity contribution in [3.63, 3.8) is 0 Å². The van der Waals surface area contributed by atoms with E-state index in [1.165, 1.54) is 28.8 Å². The van der Waals surface area contributed by atoms with Crippen molar-refractivity contribution in [2.24, 2.45) is 35.6 Å². The summed E-state index contributed by atoms with van der Waals surface area (Å²) in [6.07, 6.45) is 11.6. The first-order valence-electron chi connectivity index (χ1n) is 11.9. The van der Waals surface area contributed by atoms with Crippen LogP contribution in [-0.4, -0.2) is 32.2 Å². The molecule has 1 aromatic heterocycles. The number of aromatic nitrogens is 2. The van der Waals surface area contributed by atoms with E-state index in [-0.39, 0.29) is 23.0 Å². The molecule has 4 nitrogen and oxygen atoms in total. The van der Waals surface area contributed by atoms with Gasteiger partial charge < -0.3 is 10.2 Å². The molecule has 0 amide bonds. The summed E-state index contributed by atoms with van der Waals surface area (Å²) < 4.78 is 1.94. The summed E-state index contributed by atoms with van der Waals surface area (Å²) in [5.74, 6) is 1.87. The highest BCUT2D eigenvalue weighted by Crippen LogP contribution is 2.65. The summed E-state index contributed by atoms with van der Waals surface area (Å²) in [6.45, 7) is 8.99. The Balaban J connectivity index is 1.49. The van der Waals surface area contributed by atoms with Crippen molar-refractivity contribution < 1.29 is 10.2 Å². The molecule has 0 bridgehead atoms. The van der Waals surface area contributed by atoms with Crippen molar-refractivity contribution in [2.75, 3.05) is 0 Å². The SMILES string of the molecule is Cc1nn(C)c(C)c1/C=C1/C[C@@H]2[C@H]3CC=C4C[C@@H](O)CC[C@]4(C)[C@@H]3CC[C@]2(C)[C@@H]1O. The fraction of sp³-hybridized carbons (Fsp3) is 0.731. The molecule has 0 spiro atoms. The predicted octanol–water partition coefficient (Wildman–Crippen LogP) is 4.71. The van der Waals surface area contributed by atoms with Crippen molar-refractivity contribution in [3.05, 3.63) is 34.2 Å². The fourth-order valence-corrected chi connectivity index (χ4v) is 7.82. The number of hydrogen-bond donors (Lipinski definition) is 2. The van der Waals surface area contributed by atoms with Crippen LogP contribution in [0.4, 0.5) is 0 Å². The van der Waals surface area contributed by atoms with Crippen LogP contribution in [0.3, 0.4) is 0 Å². The van der Waals surface area contributed by atoms with Crippen molar-refractivity contribution in [2.45, 2.75) is 84.8 Å². The van der Waals surface area contributed by atoms with Crippen molar-refractivity contribution in [1.29, 1.82) is 0 Å². The van der Waals surface area contributed by atoms with Gasteiger partial charge in [-0.25, -0.2) is 0 Å². The average molecular weight is 411 g/mol. The minimum Gasteiger partial charge on any atom is -0.393 e. The highest BCUT2D eigenvalue weighted by molar-refractivity contribution is 5.59. The molecular weight excluding hydrogens is 372 g/mol. The van der Waals surface area contributed by atoms with E-state index in [9.17, 15) is 10.2 Å². The molecule has 0 aliphatic heterocycles. The largest absolute Gasteiger partial charge is 0.393 e. The third-order valence-electron chi connectivity index (χ3n) is 9.84. The number of hydrogen-bond acceptors (Lipinski definition) is 3. The lowest BCUT2D eigenvalue weighted by Gasteiger charge is -2.57. The molecule has 0 saturated heterocycles. The Labute approximate surface area is 181 Å². The molecule has 0 aromatic carbocycles. The molecule has 0 unspecified atom stereocenters. The summed E-state index contributed by atoms with van der Waals surface area (Å²) in [5.41, 5.74) is 6.35. The van der Waals surface area contributed by atoms with Gasteiger partial charge in [0.1, 0.15) is 0 Å². The van der Waals surface area contributed by atoms with Crippen LogP contribution in [0.15, 0.2) is 17.2 Å². The van der Waals surface area contributed by atoms with Crippen LogP contribution in [0.2, 0.25) is 0 Å². The smallest absolute Gasteiger partial charge is 0.0809 e. The standard InChI is InChI=1S/C26H38N2O2/c1-15-21(16(2)28(5)27-15)12-17-13-23-20-7-6-18-14-19(29)8-10-25(18,3)22(20)9-11-26(23,4)24(17)30/h6,12,19-20,22-24,29-30H,7-11,13-14H2,1-5H3/b17-12-/t19-,20-,22+,23+,24+,25-,26-/m0/s1. The maximum Gasteiger partial charge on any atom is 0.0809 e. The maximum absolute atomic E-state index is 11.5. The van der Waals surface area contributed by atoms with E-state index in [1.807, 2.05) is 11.7 Å². The average Bonchev–Trinajstić information content (AvgIpc) is 3.10. The minimum absolute atomic E-state index is 0.0209. The quantitative estimate of drug-likeness (QED) is 0.659. The van der Waals surface area contributed by atoms with Crippen LogP contribution >= 0.6 is 0 Å². The van der Waals surface area contributed by atoms with Gasteiger partial charge in [-0.15, -0.1) is 0 Å². The van der Waals surface area contributed by atoms with E-state index >= 15 is 0 Å². The van der Waals surface area contributed by atoms with Gasteiger partial charge in [-0.2, -0.15) is 5.10 Å². The Morgan fingerprint density at radius 1 is 1.10 bits per heavy atom. The molecule has 3 fully saturated rings. The Morgan fingerprint density at radius 2 is 1.87 bits per heavy atom. The molecule has 5 rings (SSSR count). The highest BCUT2D eigenvalue weighted by atomic mass is 16.3. The van der Waals surface area contributed by atoms with Gasteiger partial charge in [0.15, 0.2) is 0 Å². The zero-order valence-corrected chi connectivity index (χ0v) is 19.3. The predicted molar refractivity (Wildman–Crippen MR) is 120 cm³/mol. The van der Waals surface area contributed by atoms with E-state index in [2.05, 4.69) is 44.9 Å². The zero-order valence-electron chi connectivity index (χ0n) is 19.3. The summed E-state index contributed by atoms with van der Waals surface area (Å²) in [6, 6.07) is 0. The molecule has 4 aliphatic carbocycles. The molecule has 3 saturated carbocycles. The maximum atomic E-state index is 11.5. The monoisotopic (exact) mass is 410 g/mol. The van der Waals surface area contributed by atoms with Gasteiger partial charge in [-0.1, -0.05) is 25.5 Å². The molecule has 4 heteroatoms. The zero-order chi connectivity index (χ0) is 21.4. The number of rotatable bonds is 1. The molecule has 164 valence electrons. The third kappa shape index (κ3) is 2.75. The van der Waals surface area contributed by atoms with Gasteiger partial charge in [-0.3, -0.25) is 4.68 Å². The second-order valence-corrected chi connectivity index (χ2v) is 11.2. The number of fused-ring (bicyclic) bond motifs is 5. The Kier molecular flexibility index (Phi) is 4.65. The normalized spacial score (nSPS) is 44.4. The van der Waals surface area contributed by atoms with Crippen molar-refractivity contribution in [1.82, 2.24) is 9.78 Å². The van der Waals surface area contributed by atoms with Gasteiger partial charge in [0.2, 0.25) is 0 Å². The van der Waals surface area contributed by atoms with Crippen molar-refractivity contribution >= 4 is 6.08 Å². The van der Waals surface area contributed by atoms with Crippen molar-refractivity contribution in [3.8, 4) is 0 Å². The topological polar surface area (TPSA) is 58.3 Å². The molecule has 30 heavy (non-hydrogen) atoms. The van der Waals surface area contributed by atoms with Gasteiger partial charge in [0, 0.05) is 23.7 Å². The van der Waals surface area contributed by atoms with Gasteiger partial charge in [0.25, 0.3) is 0 Å². The minimum atomic E-state index is -0.353. The number of aliphatic hydroxyl groups is 2. The fourth-order valence-electron chi connectivity index (χ4n) is 7.82. The Morgan fingerprint density at radius 3 is 2.57 bits per heavy atom. The Hall–Kier alpha value is -1.39. The lowest BCUT2D eigenvalue weighted by atomic mass is 9.48. The number of aliphatic hydroxyl groups excluding tert-OH is 2. The van der Waals surface area contributed by atoms with Gasteiger partial charge >= 0.3 is 0 Å². The highest BCUT2D eigenvalue weighted by Gasteiger charge is 2.59. The Bertz CT molecular complexity index is 928. The molecule has 7 atom stereocenters. The van der Waals surface area contributed by atoms with Crippen LogP contribution in [0.1, 0.15) is 75.7 Å². The molecule has 0 radical (unpaired) electrons. The van der Waals surface area contributed by atoms with E-state index in [0.717, 1.165) is 44.2 Å². The van der Waals surface area contributed by atoms with E-state index in [0.29, 0.717) is 17.8 Å². The number of allylic oxidation sites excluding steroid dienone is 1. The van der Waals surface area contributed by atoms with E-state index in [1.54, 1.807) is 0 Å². The van der Waals surface area contributed by atoms with Crippen LogP contribution in [0, 0.1) is 42.4 Å². The second kappa shape index (κ2) is 6.80. The number of nitrogens with zero attached hydrogens (tertiary/aromatic N) is 2. The van der Waals surface area contributed by atoms with Gasteiger partial charge in [0.05, 0.1) is 17.9 Å².